The molecule has 2 nitrogen and oxygen atoms in total. The molecule has 1 N–H and O–H groups in total. The molecule has 4 rings (SSSR count). The number of nitrogens with zero attached hydrogens (tertiary/aromatic N) is 1. The summed E-state index contributed by atoms with van der Waals surface area (Å²) < 4.78 is 0. The summed E-state index contributed by atoms with van der Waals surface area (Å²) in [5.41, 5.74) is 4.49. The molecule has 2 aromatic carbocycles. The Morgan fingerprint density at radius 1 is 0.952 bits per heavy atom. The zero-order chi connectivity index (χ0) is 14.1. The zero-order valence-electron chi connectivity index (χ0n) is 12.3. The molecule has 0 aliphatic carbocycles. The lowest BCUT2D eigenvalue weighted by molar-refractivity contribution is 0.313. The first kappa shape index (κ1) is 13.1. The van der Waals surface area contributed by atoms with Gasteiger partial charge in [0, 0.05) is 38.6 Å². The third-order valence-corrected chi connectivity index (χ3v) is 4.94. The van der Waals surface area contributed by atoms with Crippen molar-refractivity contribution in [1.29, 1.82) is 0 Å². The van der Waals surface area contributed by atoms with E-state index in [1.165, 1.54) is 24.2 Å². The normalized spacial score (nSPS) is 25.1. The van der Waals surface area contributed by atoms with E-state index in [2.05, 4.69) is 64.8 Å². The lowest BCUT2D eigenvalue weighted by Crippen LogP contribution is -2.25. The molecule has 0 spiro atoms. The summed E-state index contributed by atoms with van der Waals surface area (Å²) in [6.45, 7) is 5.65. The molecule has 0 amide bonds. The summed E-state index contributed by atoms with van der Waals surface area (Å²) in [6, 6.07) is 19.8. The Labute approximate surface area is 126 Å². The highest BCUT2D eigenvalue weighted by molar-refractivity contribution is 5.33. The van der Waals surface area contributed by atoms with Gasteiger partial charge in [-0.1, -0.05) is 54.6 Å². The van der Waals surface area contributed by atoms with Gasteiger partial charge in [-0.2, -0.15) is 0 Å². The standard InChI is InChI=1S/C19H22N2/c1-2-6-15(7-3-1)12-21-13-17-11-20-10-16-8-4-5-9-18(16)19(17)14-21/h1-9,17,19-20H,10-14H2/t17-,19-/m0/s1. The van der Waals surface area contributed by atoms with Gasteiger partial charge < -0.3 is 5.32 Å². The van der Waals surface area contributed by atoms with Crippen molar-refractivity contribution < 1.29 is 0 Å². The van der Waals surface area contributed by atoms with Crippen molar-refractivity contribution >= 4 is 0 Å². The highest BCUT2D eigenvalue weighted by Crippen LogP contribution is 2.36. The molecule has 21 heavy (non-hydrogen) atoms. The summed E-state index contributed by atoms with van der Waals surface area (Å²) in [5.74, 6) is 1.44. The minimum Gasteiger partial charge on any atom is -0.312 e. The Balaban J connectivity index is 1.55. The van der Waals surface area contributed by atoms with E-state index >= 15 is 0 Å². The van der Waals surface area contributed by atoms with E-state index in [-0.39, 0.29) is 0 Å². The monoisotopic (exact) mass is 278 g/mol. The van der Waals surface area contributed by atoms with Crippen LogP contribution in [0.3, 0.4) is 0 Å². The Morgan fingerprint density at radius 2 is 1.76 bits per heavy atom. The third-order valence-electron chi connectivity index (χ3n) is 4.94. The van der Waals surface area contributed by atoms with Gasteiger partial charge in [-0.15, -0.1) is 0 Å². The first-order valence-corrected chi connectivity index (χ1v) is 7.95. The number of likely N-dealkylation sites (tertiary alicyclic amines) is 1. The predicted molar refractivity (Wildman–Crippen MR) is 86.1 cm³/mol. The molecule has 2 aliphatic heterocycles. The van der Waals surface area contributed by atoms with Crippen molar-refractivity contribution in [2.45, 2.75) is 19.0 Å². The fourth-order valence-corrected chi connectivity index (χ4v) is 3.94. The third kappa shape index (κ3) is 2.61. The lowest BCUT2D eigenvalue weighted by Gasteiger charge is -2.17. The first-order chi connectivity index (χ1) is 10.4. The summed E-state index contributed by atoms with van der Waals surface area (Å²) in [4.78, 5) is 2.62. The summed E-state index contributed by atoms with van der Waals surface area (Å²) in [7, 11) is 0. The van der Waals surface area contributed by atoms with E-state index in [1.807, 2.05) is 0 Å². The minimum atomic E-state index is 0.694. The van der Waals surface area contributed by atoms with Gasteiger partial charge in [0.05, 0.1) is 0 Å². The molecule has 2 heterocycles. The van der Waals surface area contributed by atoms with Gasteiger partial charge in [0.1, 0.15) is 0 Å². The maximum atomic E-state index is 3.63. The number of rotatable bonds is 2. The second-order valence-electron chi connectivity index (χ2n) is 6.38. The van der Waals surface area contributed by atoms with Crippen LogP contribution in [0.4, 0.5) is 0 Å². The van der Waals surface area contributed by atoms with E-state index in [9.17, 15) is 0 Å². The average molecular weight is 278 g/mol. The zero-order valence-corrected chi connectivity index (χ0v) is 12.3. The molecule has 2 aromatic rings. The van der Waals surface area contributed by atoms with Crippen LogP contribution in [-0.4, -0.2) is 24.5 Å². The van der Waals surface area contributed by atoms with Crippen molar-refractivity contribution in [1.82, 2.24) is 10.2 Å². The van der Waals surface area contributed by atoms with Crippen LogP contribution in [0, 0.1) is 5.92 Å². The number of hydrogen-bond donors (Lipinski definition) is 1. The van der Waals surface area contributed by atoms with Crippen molar-refractivity contribution in [3.8, 4) is 0 Å². The molecule has 0 bridgehead atoms. The van der Waals surface area contributed by atoms with E-state index in [1.54, 1.807) is 5.56 Å². The van der Waals surface area contributed by atoms with Crippen molar-refractivity contribution in [2.75, 3.05) is 19.6 Å². The van der Waals surface area contributed by atoms with Crippen LogP contribution in [0.1, 0.15) is 22.6 Å². The molecular formula is C19H22N2. The number of fused-ring (bicyclic) bond motifs is 3. The van der Waals surface area contributed by atoms with Crippen LogP contribution in [0.2, 0.25) is 0 Å². The molecule has 0 saturated carbocycles. The van der Waals surface area contributed by atoms with Gasteiger partial charge in [-0.25, -0.2) is 0 Å². The maximum Gasteiger partial charge on any atom is 0.0234 e. The topological polar surface area (TPSA) is 15.3 Å². The van der Waals surface area contributed by atoms with Gasteiger partial charge in [0.25, 0.3) is 0 Å². The van der Waals surface area contributed by atoms with Gasteiger partial charge in [0.2, 0.25) is 0 Å². The Morgan fingerprint density at radius 3 is 2.67 bits per heavy atom. The van der Waals surface area contributed by atoms with Crippen LogP contribution in [0.5, 0.6) is 0 Å². The molecule has 0 radical (unpaired) electrons. The smallest absolute Gasteiger partial charge is 0.0234 e. The predicted octanol–water partition coefficient (Wildman–Crippen LogP) is 3.01. The molecule has 2 heteroatoms. The van der Waals surface area contributed by atoms with Gasteiger partial charge in [-0.3, -0.25) is 4.90 Å². The SMILES string of the molecule is c1ccc(CN2C[C@@H]3CNCc4ccccc4[C@H]3C2)cc1. The molecule has 0 aromatic heterocycles. The Hall–Kier alpha value is -1.64. The van der Waals surface area contributed by atoms with Gasteiger partial charge in [-0.05, 0) is 22.6 Å². The van der Waals surface area contributed by atoms with Crippen molar-refractivity contribution in [3.63, 3.8) is 0 Å². The summed E-state index contributed by atoms with van der Waals surface area (Å²) >= 11 is 0. The quantitative estimate of drug-likeness (QED) is 0.908. The molecule has 2 atom stereocenters. The fourth-order valence-electron chi connectivity index (χ4n) is 3.94. The lowest BCUT2D eigenvalue weighted by atomic mass is 9.87. The minimum absolute atomic E-state index is 0.694. The number of benzene rings is 2. The van der Waals surface area contributed by atoms with Crippen molar-refractivity contribution in [2.24, 2.45) is 5.92 Å². The fraction of sp³-hybridized carbons (Fsp3) is 0.368. The van der Waals surface area contributed by atoms with Gasteiger partial charge >= 0.3 is 0 Å². The molecule has 0 unspecified atom stereocenters. The molecule has 1 fully saturated rings. The van der Waals surface area contributed by atoms with E-state index in [0.29, 0.717) is 5.92 Å². The largest absolute Gasteiger partial charge is 0.312 e. The summed E-state index contributed by atoms with van der Waals surface area (Å²) in [6.07, 6.45) is 0. The Bertz CT molecular complexity index is 608. The highest BCUT2D eigenvalue weighted by Gasteiger charge is 2.35. The first-order valence-electron chi connectivity index (χ1n) is 7.95. The molecular weight excluding hydrogens is 256 g/mol. The average Bonchev–Trinajstić information content (AvgIpc) is 2.83. The molecule has 2 aliphatic rings. The van der Waals surface area contributed by atoms with Gasteiger partial charge in [0.15, 0.2) is 0 Å². The van der Waals surface area contributed by atoms with E-state index in [4.69, 9.17) is 0 Å². The number of hydrogen-bond acceptors (Lipinski definition) is 2. The maximum absolute atomic E-state index is 3.63. The highest BCUT2D eigenvalue weighted by atomic mass is 15.2. The van der Waals surface area contributed by atoms with Crippen LogP contribution in [0.25, 0.3) is 0 Å². The Kier molecular flexibility index (Phi) is 3.50. The molecule has 1 saturated heterocycles. The van der Waals surface area contributed by atoms with Crippen LogP contribution in [0.15, 0.2) is 54.6 Å². The van der Waals surface area contributed by atoms with E-state index < -0.39 is 0 Å². The second kappa shape index (κ2) is 5.63. The molecule has 108 valence electrons. The van der Waals surface area contributed by atoms with Crippen LogP contribution < -0.4 is 5.32 Å². The van der Waals surface area contributed by atoms with E-state index in [0.717, 1.165) is 25.6 Å². The second-order valence-corrected chi connectivity index (χ2v) is 6.38. The van der Waals surface area contributed by atoms with Crippen LogP contribution >= 0.6 is 0 Å². The van der Waals surface area contributed by atoms with Crippen LogP contribution in [-0.2, 0) is 13.1 Å². The summed E-state index contributed by atoms with van der Waals surface area (Å²) in [5, 5.41) is 3.63. The number of nitrogens with one attached hydrogen (secondary N) is 1. The van der Waals surface area contributed by atoms with Crippen molar-refractivity contribution in [3.05, 3.63) is 71.3 Å².